The minimum absolute atomic E-state index is 0. The molecule has 0 aliphatic rings. The summed E-state index contributed by atoms with van der Waals surface area (Å²) in [6.45, 7) is 10.9. The third kappa shape index (κ3) is 14.7. The van der Waals surface area contributed by atoms with Crippen molar-refractivity contribution in [2.75, 3.05) is 0 Å². The van der Waals surface area contributed by atoms with Gasteiger partial charge in [0.25, 0.3) is 0 Å². The first-order valence-electron chi connectivity index (χ1n) is 14.8. The number of Topliss-reactive ketones (excluding diaryl/α,β-unsaturated/α-hetero) is 6. The van der Waals surface area contributed by atoms with Crippen LogP contribution in [0.5, 0.6) is 0 Å². The van der Waals surface area contributed by atoms with Crippen molar-refractivity contribution < 1.29 is 138 Å². The van der Waals surface area contributed by atoms with E-state index in [1.807, 2.05) is 0 Å². The molecule has 6 nitrogen and oxygen atoms in total. The van der Waals surface area contributed by atoms with E-state index in [1.165, 1.54) is 62.3 Å². The van der Waals surface area contributed by atoms with Gasteiger partial charge in [-0.3, -0.25) is 28.8 Å². The van der Waals surface area contributed by atoms with Gasteiger partial charge in [-0.2, -0.15) is 92.2 Å². The van der Waals surface area contributed by atoms with Gasteiger partial charge < -0.3 is 0 Å². The molecule has 0 amide bonds. The number of rotatable bonds is 12. The third-order valence-corrected chi connectivity index (χ3v) is 6.77. The Balaban J connectivity index is -0.000000374. The summed E-state index contributed by atoms with van der Waals surface area (Å²) in [5.41, 5.74) is -3.92. The summed E-state index contributed by atoms with van der Waals surface area (Å²) < 4.78 is 258. The van der Waals surface area contributed by atoms with Crippen LogP contribution in [0, 0.1) is 16.2 Å². The van der Waals surface area contributed by atoms with Crippen molar-refractivity contribution >= 4 is 34.7 Å². The molecule has 0 saturated carbocycles. The van der Waals surface area contributed by atoms with Crippen LogP contribution in [0.3, 0.4) is 0 Å². The number of carbonyl (C=O) groups is 6. The van der Waals surface area contributed by atoms with Gasteiger partial charge in [0.1, 0.15) is 17.3 Å². The number of halogens is 21. The first kappa shape index (κ1) is 61.7. The summed E-state index contributed by atoms with van der Waals surface area (Å²) in [6, 6.07) is 0. The number of hydrogen-bond acceptors (Lipinski definition) is 6. The molecule has 0 aromatic carbocycles. The molecule has 344 valence electrons. The van der Waals surface area contributed by atoms with Crippen LogP contribution in [0.4, 0.5) is 92.2 Å². The molecule has 0 N–H and O–H groups in total. The maximum absolute atomic E-state index is 12.9. The van der Waals surface area contributed by atoms with E-state index in [4.69, 9.17) is 0 Å². The van der Waals surface area contributed by atoms with E-state index in [9.17, 15) is 121 Å². The van der Waals surface area contributed by atoms with Crippen LogP contribution in [0.1, 0.15) is 81.6 Å². The van der Waals surface area contributed by atoms with Crippen molar-refractivity contribution in [3.8, 4) is 0 Å². The van der Waals surface area contributed by atoms with E-state index in [-0.39, 0.29) is 17.1 Å². The van der Waals surface area contributed by atoms with Crippen molar-refractivity contribution in [2.24, 2.45) is 16.2 Å². The normalized spacial score (nSPS) is 14.2. The van der Waals surface area contributed by atoms with E-state index in [1.54, 1.807) is 0 Å². The summed E-state index contributed by atoms with van der Waals surface area (Å²) in [4.78, 5) is 66.2. The van der Waals surface area contributed by atoms with Crippen LogP contribution in [-0.2, 0) is 45.8 Å². The van der Waals surface area contributed by atoms with Crippen molar-refractivity contribution in [3.05, 3.63) is 0 Å². The molecule has 0 aromatic heterocycles. The van der Waals surface area contributed by atoms with Crippen LogP contribution in [0.25, 0.3) is 0 Å². The molecule has 0 aliphatic carbocycles. The molecule has 58 heavy (non-hydrogen) atoms. The molecule has 0 atom stereocenters. The summed E-state index contributed by atoms with van der Waals surface area (Å²) in [5.74, 6) is -49.2. The Hall–Kier alpha value is -2.93. The fraction of sp³-hybridized carbons (Fsp3) is 0.800. The van der Waals surface area contributed by atoms with Crippen LogP contribution in [-0.4, -0.2) is 88.8 Å². The SMILES string of the molecule is CC(C)(C)C(=O)CC(=O)C(F)(F)C(F)(F)C(F)(F)F.CC(C)(C)C(=O)CC(=O)C(F)(F)C(F)(F)C(F)(F)F.CC(C)(C)C(=O)CC(=O)C(F)(F)C(F)(F)C(F)(F)F.[Fe]. The van der Waals surface area contributed by atoms with Crippen molar-refractivity contribution in [1.29, 1.82) is 0 Å². The van der Waals surface area contributed by atoms with Gasteiger partial charge >= 0.3 is 54.1 Å². The van der Waals surface area contributed by atoms with Crippen molar-refractivity contribution in [2.45, 2.75) is 136 Å². The second-order valence-electron chi connectivity index (χ2n) is 14.8. The first-order chi connectivity index (χ1) is 24.1. The number of carbonyl (C=O) groups excluding carboxylic acids is 6. The Morgan fingerprint density at radius 2 is 0.397 bits per heavy atom. The van der Waals surface area contributed by atoms with E-state index in [0.29, 0.717) is 0 Å². The molecule has 0 bridgehead atoms. The Morgan fingerprint density at radius 3 is 0.483 bits per heavy atom. The molecule has 0 unspecified atom stereocenters. The van der Waals surface area contributed by atoms with Crippen LogP contribution in [0.15, 0.2) is 0 Å². The molecule has 0 fully saturated rings. The van der Waals surface area contributed by atoms with E-state index in [0.717, 1.165) is 0 Å². The monoisotopic (exact) mass is 944 g/mol. The molecule has 0 spiro atoms. The Kier molecular flexibility index (Phi) is 20.0. The standard InChI is InChI=1S/3C10H11F7O2.Fe/c3*1-7(2,3)5(18)4-6(19)8(11,12)9(13,14)10(15,16)17;/h3*4H2,1-3H3;. The van der Waals surface area contributed by atoms with Gasteiger partial charge in [-0.1, -0.05) is 62.3 Å². The van der Waals surface area contributed by atoms with Crippen molar-refractivity contribution in [1.82, 2.24) is 0 Å². The molecule has 0 saturated heterocycles. The number of hydrogen-bond donors (Lipinski definition) is 0. The predicted octanol–water partition coefficient (Wildman–Crippen LogP) is 10.2. The number of ketones is 6. The van der Waals surface area contributed by atoms with Gasteiger partial charge in [-0.25, -0.2) is 0 Å². The maximum atomic E-state index is 12.9. The molecular weight excluding hydrogens is 911 g/mol. The van der Waals surface area contributed by atoms with Crippen molar-refractivity contribution in [3.63, 3.8) is 0 Å². The zero-order valence-corrected chi connectivity index (χ0v) is 32.0. The summed E-state index contributed by atoms with van der Waals surface area (Å²) in [7, 11) is 0. The van der Waals surface area contributed by atoms with Gasteiger partial charge in [-0.15, -0.1) is 0 Å². The summed E-state index contributed by atoms with van der Waals surface area (Å²) >= 11 is 0. The van der Waals surface area contributed by atoms with E-state index >= 15 is 0 Å². The van der Waals surface area contributed by atoms with Gasteiger partial charge in [0.15, 0.2) is 0 Å². The van der Waals surface area contributed by atoms with E-state index in [2.05, 4.69) is 0 Å². The summed E-state index contributed by atoms with van der Waals surface area (Å²) in [6.07, 6.45) is -24.8. The molecule has 0 radical (unpaired) electrons. The predicted molar refractivity (Wildman–Crippen MR) is 150 cm³/mol. The van der Waals surface area contributed by atoms with Gasteiger partial charge in [0, 0.05) is 33.3 Å². The topological polar surface area (TPSA) is 102 Å². The quantitative estimate of drug-likeness (QED) is 0.110. The summed E-state index contributed by atoms with van der Waals surface area (Å²) in [5, 5.41) is 0. The minimum Gasteiger partial charge on any atom is -0.299 e. The Morgan fingerprint density at radius 1 is 0.276 bits per heavy atom. The molecule has 0 aromatic rings. The van der Waals surface area contributed by atoms with E-state index < -0.39 is 124 Å². The van der Waals surface area contributed by atoms with Gasteiger partial charge in [-0.05, 0) is 0 Å². The third-order valence-electron chi connectivity index (χ3n) is 6.77. The van der Waals surface area contributed by atoms with Gasteiger partial charge in [0.2, 0.25) is 17.3 Å². The second kappa shape index (κ2) is 18.8. The average Bonchev–Trinajstić information content (AvgIpc) is 2.93. The second-order valence-corrected chi connectivity index (χ2v) is 14.8. The fourth-order valence-corrected chi connectivity index (χ4v) is 2.63. The zero-order chi connectivity index (χ0) is 47.6. The maximum Gasteiger partial charge on any atom is 0.460 e. The minimum atomic E-state index is -6.59. The molecule has 0 heterocycles. The molecular formula is C30H33F21FeO6. The largest absolute Gasteiger partial charge is 0.460 e. The molecule has 0 rings (SSSR count). The Labute approximate surface area is 324 Å². The van der Waals surface area contributed by atoms with Crippen LogP contribution >= 0.6 is 0 Å². The molecule has 28 heteroatoms. The zero-order valence-electron chi connectivity index (χ0n) is 30.9. The van der Waals surface area contributed by atoms with Crippen LogP contribution in [0.2, 0.25) is 0 Å². The van der Waals surface area contributed by atoms with Crippen LogP contribution < -0.4 is 0 Å². The Bertz CT molecular complexity index is 1310. The average molecular weight is 944 g/mol. The fourth-order valence-electron chi connectivity index (χ4n) is 2.63. The molecule has 0 aliphatic heterocycles. The number of alkyl halides is 21. The first-order valence-corrected chi connectivity index (χ1v) is 14.8. The van der Waals surface area contributed by atoms with Gasteiger partial charge in [0.05, 0.1) is 19.3 Å². The smallest absolute Gasteiger partial charge is 0.299 e.